The van der Waals surface area contributed by atoms with Crippen LogP contribution in [0.5, 0.6) is 0 Å². The first-order valence-corrected chi connectivity index (χ1v) is 10.6. The van der Waals surface area contributed by atoms with Crippen molar-refractivity contribution < 1.29 is 13.9 Å². The fourth-order valence-corrected chi connectivity index (χ4v) is 4.33. The second-order valence-corrected chi connectivity index (χ2v) is 8.20. The Morgan fingerprint density at radius 3 is 2.87 bits per heavy atom. The van der Waals surface area contributed by atoms with E-state index in [1.807, 2.05) is 33.7 Å². The Labute approximate surface area is 174 Å². The lowest BCUT2D eigenvalue weighted by Gasteiger charge is -2.31. The Morgan fingerprint density at radius 2 is 2.10 bits per heavy atom. The predicted octanol–water partition coefficient (Wildman–Crippen LogP) is 2.79. The number of carbonyl (C=O) groups excluding carboxylic acids is 1. The minimum atomic E-state index is -0.102. The molecule has 1 amide bonds. The van der Waals surface area contributed by atoms with Crippen molar-refractivity contribution in [2.45, 2.75) is 44.2 Å². The molecule has 3 aromatic rings. The van der Waals surface area contributed by atoms with Gasteiger partial charge in [-0.3, -0.25) is 9.36 Å². The molecular weight excluding hydrogens is 384 g/mol. The Morgan fingerprint density at radius 1 is 1.27 bits per heavy atom. The number of ether oxygens (including phenoxy) is 1. The van der Waals surface area contributed by atoms with Crippen LogP contribution in [-0.2, 0) is 11.3 Å². The summed E-state index contributed by atoms with van der Waals surface area (Å²) in [6.07, 6.45) is 3.81. The maximum Gasteiger partial charge on any atom is 0.346 e. The van der Waals surface area contributed by atoms with Gasteiger partial charge in [0.05, 0.1) is 13.2 Å². The molecule has 158 valence electrons. The van der Waals surface area contributed by atoms with E-state index in [4.69, 9.17) is 9.15 Å². The van der Waals surface area contributed by atoms with Crippen molar-refractivity contribution in [2.24, 2.45) is 0 Å². The number of furan rings is 1. The fraction of sp³-hybridized carbons (Fsp3) is 0.500. The molecule has 2 aliphatic rings. The topological polar surface area (TPSA) is 82.5 Å². The van der Waals surface area contributed by atoms with Crippen molar-refractivity contribution >= 4 is 16.9 Å². The van der Waals surface area contributed by atoms with E-state index in [1.54, 1.807) is 13.2 Å². The lowest BCUT2D eigenvalue weighted by Crippen LogP contribution is -2.40. The van der Waals surface area contributed by atoms with Crippen LogP contribution in [0.3, 0.4) is 0 Å². The van der Waals surface area contributed by atoms with Crippen molar-refractivity contribution in [3.63, 3.8) is 0 Å². The summed E-state index contributed by atoms with van der Waals surface area (Å²) in [5.74, 6) is 1.11. The Kier molecular flexibility index (Phi) is 4.94. The maximum absolute atomic E-state index is 13.1. The summed E-state index contributed by atoms with van der Waals surface area (Å²) < 4.78 is 14.3. The van der Waals surface area contributed by atoms with E-state index in [0.717, 1.165) is 36.9 Å². The number of hydrogen-bond donors (Lipinski definition) is 0. The third-order valence-electron chi connectivity index (χ3n) is 6.03. The van der Waals surface area contributed by atoms with E-state index in [2.05, 4.69) is 5.10 Å². The highest BCUT2D eigenvalue weighted by atomic mass is 16.5. The molecule has 1 aliphatic carbocycles. The van der Waals surface area contributed by atoms with E-state index < -0.39 is 0 Å². The van der Waals surface area contributed by atoms with Gasteiger partial charge >= 0.3 is 5.69 Å². The molecule has 0 bridgehead atoms. The van der Waals surface area contributed by atoms with Gasteiger partial charge < -0.3 is 14.1 Å². The molecule has 1 unspecified atom stereocenters. The van der Waals surface area contributed by atoms with Crippen LogP contribution in [0.15, 0.2) is 39.5 Å². The molecule has 1 aliphatic heterocycles. The number of hydrogen-bond acceptors (Lipinski definition) is 5. The van der Waals surface area contributed by atoms with Gasteiger partial charge in [-0.25, -0.2) is 9.48 Å². The zero-order valence-electron chi connectivity index (χ0n) is 17.1. The first-order valence-electron chi connectivity index (χ1n) is 10.6. The number of nitrogens with zero attached hydrogens (tertiary/aromatic N) is 4. The normalized spacial score (nSPS) is 19.5. The molecule has 0 N–H and O–H groups in total. The van der Waals surface area contributed by atoms with Gasteiger partial charge in [0.25, 0.3) is 5.91 Å². The number of likely N-dealkylation sites (tertiary alicyclic amines) is 1. The third-order valence-corrected chi connectivity index (χ3v) is 6.03. The molecule has 30 heavy (non-hydrogen) atoms. The van der Waals surface area contributed by atoms with Crippen molar-refractivity contribution in [1.29, 1.82) is 0 Å². The van der Waals surface area contributed by atoms with Crippen LogP contribution in [0.4, 0.5) is 0 Å². The number of piperidine rings is 1. The maximum atomic E-state index is 13.1. The quantitative estimate of drug-likeness (QED) is 0.624. The summed E-state index contributed by atoms with van der Waals surface area (Å²) in [6, 6.07) is 9.68. The number of aromatic nitrogens is 3. The SMILES string of the molecule is COCCn1nc(C2CCCN(C(=O)c3cc4ccccc4o3)C2)n(C2CC2)c1=O. The third kappa shape index (κ3) is 3.45. The van der Waals surface area contributed by atoms with Crippen LogP contribution in [-0.4, -0.2) is 52.0 Å². The van der Waals surface area contributed by atoms with Crippen LogP contribution >= 0.6 is 0 Å². The first kappa shape index (κ1) is 19.1. The number of carbonyl (C=O) groups is 1. The standard InChI is InChI=1S/C22H26N4O4/c1-29-12-11-25-22(28)26(17-8-9-17)20(23-25)16-6-4-10-24(14-16)21(27)19-13-15-5-2-3-7-18(15)30-19/h2-3,5,7,13,16-17H,4,6,8-12,14H2,1H3. The van der Waals surface area contributed by atoms with Crippen LogP contribution in [0.2, 0.25) is 0 Å². The summed E-state index contributed by atoms with van der Waals surface area (Å²) in [4.78, 5) is 27.8. The van der Waals surface area contributed by atoms with Crippen LogP contribution in [0.1, 0.15) is 54.0 Å². The zero-order chi connectivity index (χ0) is 20.7. The van der Waals surface area contributed by atoms with Crippen molar-refractivity contribution in [2.75, 3.05) is 26.8 Å². The van der Waals surface area contributed by atoms with Gasteiger partial charge in [-0.2, -0.15) is 5.10 Å². The monoisotopic (exact) mass is 410 g/mol. The van der Waals surface area contributed by atoms with E-state index in [9.17, 15) is 9.59 Å². The molecule has 5 rings (SSSR count). The number of para-hydroxylation sites is 1. The highest BCUT2D eigenvalue weighted by Crippen LogP contribution is 2.37. The summed E-state index contributed by atoms with van der Waals surface area (Å²) in [6.45, 7) is 2.12. The molecule has 1 saturated carbocycles. The van der Waals surface area contributed by atoms with Gasteiger partial charge in [0.1, 0.15) is 11.4 Å². The molecule has 8 nitrogen and oxygen atoms in total. The van der Waals surface area contributed by atoms with Gasteiger partial charge in [0, 0.05) is 37.5 Å². The van der Waals surface area contributed by atoms with E-state index in [1.165, 1.54) is 4.68 Å². The molecule has 1 saturated heterocycles. The average Bonchev–Trinajstić information content (AvgIpc) is 3.42. The Hall–Kier alpha value is -2.87. The van der Waals surface area contributed by atoms with Gasteiger partial charge in [-0.15, -0.1) is 0 Å². The molecule has 1 atom stereocenters. The molecule has 2 fully saturated rings. The second kappa shape index (κ2) is 7.75. The highest BCUT2D eigenvalue weighted by Gasteiger charge is 2.35. The summed E-state index contributed by atoms with van der Waals surface area (Å²) >= 11 is 0. The number of rotatable bonds is 6. The van der Waals surface area contributed by atoms with E-state index >= 15 is 0 Å². The molecule has 1 aromatic carbocycles. The number of benzene rings is 1. The second-order valence-electron chi connectivity index (χ2n) is 8.20. The summed E-state index contributed by atoms with van der Waals surface area (Å²) in [5, 5.41) is 5.58. The molecule has 0 spiro atoms. The van der Waals surface area contributed by atoms with Crippen LogP contribution in [0.25, 0.3) is 11.0 Å². The zero-order valence-corrected chi connectivity index (χ0v) is 17.1. The van der Waals surface area contributed by atoms with Crippen molar-refractivity contribution in [1.82, 2.24) is 19.2 Å². The molecular formula is C22H26N4O4. The number of amides is 1. The Bertz CT molecular complexity index is 1090. The smallest absolute Gasteiger partial charge is 0.346 e. The minimum Gasteiger partial charge on any atom is -0.451 e. The Balaban J connectivity index is 1.40. The molecule has 3 heterocycles. The lowest BCUT2D eigenvalue weighted by atomic mass is 9.97. The fourth-order valence-electron chi connectivity index (χ4n) is 4.33. The summed E-state index contributed by atoms with van der Waals surface area (Å²) in [5.41, 5.74) is 0.652. The van der Waals surface area contributed by atoms with E-state index in [0.29, 0.717) is 37.6 Å². The molecule has 2 aromatic heterocycles. The molecule has 8 heteroatoms. The van der Waals surface area contributed by atoms with Crippen LogP contribution in [0, 0.1) is 0 Å². The number of fused-ring (bicyclic) bond motifs is 1. The average molecular weight is 410 g/mol. The lowest BCUT2D eigenvalue weighted by molar-refractivity contribution is 0.0673. The van der Waals surface area contributed by atoms with Gasteiger partial charge in [-0.1, -0.05) is 18.2 Å². The van der Waals surface area contributed by atoms with Crippen LogP contribution < -0.4 is 5.69 Å². The van der Waals surface area contributed by atoms with Crippen molar-refractivity contribution in [3.05, 3.63) is 52.4 Å². The highest BCUT2D eigenvalue weighted by molar-refractivity contribution is 5.96. The minimum absolute atomic E-state index is 0.0455. The largest absolute Gasteiger partial charge is 0.451 e. The van der Waals surface area contributed by atoms with Gasteiger partial charge in [0.2, 0.25) is 0 Å². The number of methoxy groups -OCH3 is 1. The van der Waals surface area contributed by atoms with E-state index in [-0.39, 0.29) is 23.6 Å². The summed E-state index contributed by atoms with van der Waals surface area (Å²) in [7, 11) is 1.62. The van der Waals surface area contributed by atoms with Gasteiger partial charge in [-0.05, 0) is 37.8 Å². The molecule has 0 radical (unpaired) electrons. The van der Waals surface area contributed by atoms with Gasteiger partial charge in [0.15, 0.2) is 5.76 Å². The van der Waals surface area contributed by atoms with Crippen molar-refractivity contribution in [3.8, 4) is 0 Å². The predicted molar refractivity (Wildman–Crippen MR) is 111 cm³/mol. The first-order chi connectivity index (χ1) is 14.7.